The van der Waals surface area contributed by atoms with Gasteiger partial charge in [0.2, 0.25) is 0 Å². The minimum Gasteiger partial charge on any atom is -0.463 e. The zero-order valence-corrected chi connectivity index (χ0v) is 18.7. The first-order valence-corrected chi connectivity index (χ1v) is 12.5. The number of unbranched alkanes of at least 4 members (excludes halogenated alkanes) is 1. The Morgan fingerprint density at radius 3 is 1.63 bits per heavy atom. The lowest BCUT2D eigenvalue weighted by Crippen LogP contribution is -2.33. The van der Waals surface area contributed by atoms with Gasteiger partial charge in [0.05, 0.1) is 12.8 Å². The number of ether oxygens (including phenoxy) is 1. The van der Waals surface area contributed by atoms with E-state index >= 15 is 0 Å². The number of carbonyl (C=O) groups is 1. The van der Waals surface area contributed by atoms with Crippen LogP contribution in [0.4, 0.5) is 0 Å². The number of hydrogen-bond acceptors (Lipinski definition) is 2. The monoisotopic (exact) mass is 417 g/mol. The number of hydrogen-bond donors (Lipinski definition) is 0. The molecule has 0 unspecified atom stereocenters. The van der Waals surface area contributed by atoms with Gasteiger partial charge in [-0.25, -0.2) is 4.79 Å². The van der Waals surface area contributed by atoms with E-state index in [1.807, 2.05) is 19.9 Å². The van der Waals surface area contributed by atoms with Crippen LogP contribution in [0, 0.1) is 0 Å². The lowest BCUT2D eigenvalue weighted by Gasteiger charge is -2.27. The van der Waals surface area contributed by atoms with Gasteiger partial charge in [-0.3, -0.25) is 0 Å². The van der Waals surface area contributed by atoms with Crippen molar-refractivity contribution in [1.82, 2.24) is 0 Å². The van der Waals surface area contributed by atoms with Crippen LogP contribution in [-0.4, -0.2) is 18.7 Å². The summed E-state index contributed by atoms with van der Waals surface area (Å²) < 4.78 is 5.11. The third kappa shape index (κ3) is 5.07. The van der Waals surface area contributed by atoms with Gasteiger partial charge in [0.25, 0.3) is 0 Å². The Balaban J connectivity index is 1.98. The fourth-order valence-corrected chi connectivity index (χ4v) is 8.23. The van der Waals surface area contributed by atoms with Crippen molar-refractivity contribution in [2.24, 2.45) is 0 Å². The van der Waals surface area contributed by atoms with Crippen LogP contribution in [0.25, 0.3) is 0 Å². The summed E-state index contributed by atoms with van der Waals surface area (Å²) in [4.78, 5) is 11.9. The lowest BCUT2D eigenvalue weighted by molar-refractivity contribution is -0.138. The highest BCUT2D eigenvalue weighted by molar-refractivity contribution is 7.95. The summed E-state index contributed by atoms with van der Waals surface area (Å²) in [5.74, 6) is -0.215. The summed E-state index contributed by atoms with van der Waals surface area (Å²) in [7, 11) is -1.80. The van der Waals surface area contributed by atoms with Crippen LogP contribution in [-0.2, 0) is 9.53 Å². The number of allylic oxidation sites excluding steroid dienone is 1. The van der Waals surface area contributed by atoms with E-state index < -0.39 is 7.26 Å². The van der Waals surface area contributed by atoms with Crippen LogP contribution < -0.4 is 15.9 Å². The van der Waals surface area contributed by atoms with Crippen LogP contribution in [0.2, 0.25) is 0 Å². The van der Waals surface area contributed by atoms with Crippen LogP contribution in [0.1, 0.15) is 26.7 Å². The summed E-state index contributed by atoms with van der Waals surface area (Å²) in [5.41, 5.74) is 0.694. The first kappa shape index (κ1) is 22.0. The fraction of sp³-hybridized carbons (Fsp3) is 0.222. The van der Waals surface area contributed by atoms with Crippen LogP contribution in [0.3, 0.4) is 0 Å². The van der Waals surface area contributed by atoms with Crippen molar-refractivity contribution in [2.45, 2.75) is 26.7 Å². The largest absolute Gasteiger partial charge is 0.463 e. The normalized spacial score (nSPS) is 11.9. The average Bonchev–Trinajstić information content (AvgIpc) is 2.81. The Morgan fingerprint density at radius 1 is 0.800 bits per heavy atom. The molecular weight excluding hydrogens is 387 g/mol. The molecule has 154 valence electrons. The van der Waals surface area contributed by atoms with E-state index in [9.17, 15) is 4.79 Å². The molecule has 3 aromatic carbocycles. The molecule has 3 heteroatoms. The van der Waals surface area contributed by atoms with Crippen molar-refractivity contribution in [3.05, 3.63) is 103 Å². The minimum atomic E-state index is -1.80. The third-order valence-corrected chi connectivity index (χ3v) is 9.86. The van der Waals surface area contributed by atoms with Gasteiger partial charge in [-0.15, -0.1) is 0 Å². The molecule has 0 radical (unpaired) electrons. The molecule has 0 bridgehead atoms. The molecule has 0 fully saturated rings. The Kier molecular flexibility index (Phi) is 7.99. The van der Waals surface area contributed by atoms with Crippen LogP contribution in [0.5, 0.6) is 0 Å². The predicted octanol–water partition coefficient (Wildman–Crippen LogP) is 5.27. The van der Waals surface area contributed by atoms with Crippen molar-refractivity contribution < 1.29 is 9.53 Å². The van der Waals surface area contributed by atoms with Crippen LogP contribution >= 0.6 is 7.26 Å². The van der Waals surface area contributed by atoms with E-state index in [4.69, 9.17) is 4.74 Å². The minimum absolute atomic E-state index is 0.215. The Bertz CT molecular complexity index is 853. The average molecular weight is 418 g/mol. The maximum absolute atomic E-state index is 11.9. The third-order valence-electron chi connectivity index (χ3n) is 5.34. The van der Waals surface area contributed by atoms with Gasteiger partial charge in [0.1, 0.15) is 23.2 Å². The first-order valence-electron chi connectivity index (χ1n) is 10.6. The van der Waals surface area contributed by atoms with Crippen LogP contribution in [0.15, 0.2) is 103 Å². The van der Waals surface area contributed by atoms with Gasteiger partial charge in [0, 0.05) is 5.57 Å². The van der Waals surface area contributed by atoms with Gasteiger partial charge >= 0.3 is 5.97 Å². The molecule has 0 spiro atoms. The molecule has 0 saturated carbocycles. The second-order valence-corrected chi connectivity index (χ2v) is 10.9. The first-order chi connectivity index (χ1) is 14.7. The fourth-order valence-electron chi connectivity index (χ4n) is 3.86. The molecule has 0 aliphatic heterocycles. The molecule has 0 atom stereocenters. The van der Waals surface area contributed by atoms with Crippen molar-refractivity contribution in [2.75, 3.05) is 12.8 Å². The number of benzene rings is 3. The Labute approximate surface area is 181 Å². The van der Waals surface area contributed by atoms with Crippen molar-refractivity contribution >= 4 is 29.1 Å². The summed E-state index contributed by atoms with van der Waals surface area (Å²) in [6.07, 6.45) is 4.94. The van der Waals surface area contributed by atoms with Crippen molar-refractivity contribution in [1.29, 1.82) is 0 Å². The quantitative estimate of drug-likeness (QED) is 0.205. The van der Waals surface area contributed by atoms with Gasteiger partial charge in [0.15, 0.2) is 0 Å². The Hall–Kier alpha value is -2.70. The summed E-state index contributed by atoms with van der Waals surface area (Å²) in [6, 6.07) is 32.7. The maximum Gasteiger partial charge on any atom is 0.333 e. The molecule has 0 saturated heterocycles. The molecule has 2 nitrogen and oxygen atoms in total. The highest BCUT2D eigenvalue weighted by atomic mass is 31.2. The number of carbonyl (C=O) groups excluding carboxylic acids is 1. The highest BCUT2D eigenvalue weighted by Crippen LogP contribution is 2.55. The summed E-state index contributed by atoms with van der Waals surface area (Å²) >= 11 is 0. The smallest absolute Gasteiger partial charge is 0.333 e. The standard InChI is InChI=1S/C27H30O2P/c1-3-29-27(28)23(2)15-13-14-22-30(24-16-7-4-8-17-24,25-18-9-5-10-19-25)26-20-11-6-12-21-26/h4-12,15-21H,3,13-14,22H2,1-2H3/q+1/b23-15+. The zero-order valence-electron chi connectivity index (χ0n) is 17.8. The second-order valence-electron chi connectivity index (χ2n) is 7.29. The van der Waals surface area contributed by atoms with E-state index in [0.717, 1.165) is 19.0 Å². The van der Waals surface area contributed by atoms with Gasteiger partial charge in [-0.2, -0.15) is 0 Å². The molecule has 30 heavy (non-hydrogen) atoms. The molecule has 0 amide bonds. The predicted molar refractivity (Wildman–Crippen MR) is 130 cm³/mol. The lowest BCUT2D eigenvalue weighted by atomic mass is 10.2. The van der Waals surface area contributed by atoms with Crippen molar-refractivity contribution in [3.63, 3.8) is 0 Å². The summed E-state index contributed by atoms with van der Waals surface area (Å²) in [5, 5.41) is 4.19. The Morgan fingerprint density at radius 2 is 1.23 bits per heavy atom. The zero-order chi connectivity index (χ0) is 21.2. The highest BCUT2D eigenvalue weighted by Gasteiger charge is 2.44. The van der Waals surface area contributed by atoms with Gasteiger partial charge in [-0.1, -0.05) is 60.7 Å². The number of rotatable bonds is 9. The van der Waals surface area contributed by atoms with E-state index in [0.29, 0.717) is 12.2 Å². The van der Waals surface area contributed by atoms with E-state index in [1.54, 1.807) is 0 Å². The summed E-state index contributed by atoms with van der Waals surface area (Å²) in [6.45, 7) is 4.09. The molecule has 0 aliphatic carbocycles. The molecule has 3 aromatic rings. The SMILES string of the molecule is CCOC(=O)/C(C)=C/CCC[P+](c1ccccc1)(c1ccccc1)c1ccccc1. The molecular formula is C27H30O2P+. The van der Waals surface area contributed by atoms with E-state index in [1.165, 1.54) is 15.9 Å². The molecule has 0 aromatic heterocycles. The second kappa shape index (κ2) is 10.9. The van der Waals surface area contributed by atoms with E-state index in [2.05, 4.69) is 91.0 Å². The molecule has 0 N–H and O–H groups in total. The van der Waals surface area contributed by atoms with Crippen molar-refractivity contribution in [3.8, 4) is 0 Å². The number of esters is 1. The van der Waals surface area contributed by atoms with Gasteiger partial charge < -0.3 is 4.74 Å². The van der Waals surface area contributed by atoms with Gasteiger partial charge in [-0.05, 0) is 63.1 Å². The molecule has 0 heterocycles. The molecule has 0 aliphatic rings. The van der Waals surface area contributed by atoms with E-state index in [-0.39, 0.29) is 5.97 Å². The maximum atomic E-state index is 11.9. The topological polar surface area (TPSA) is 26.3 Å². The molecule has 3 rings (SSSR count).